The van der Waals surface area contributed by atoms with E-state index in [9.17, 15) is 4.39 Å². The lowest BCUT2D eigenvalue weighted by molar-refractivity contribution is -0.0703. The van der Waals surface area contributed by atoms with Crippen LogP contribution in [0.5, 0.6) is 0 Å². The smallest absolute Gasteiger partial charge is 0.123 e. The van der Waals surface area contributed by atoms with Crippen molar-refractivity contribution in [2.75, 3.05) is 13.7 Å². The topological polar surface area (TPSA) is 21.3 Å². The zero-order valence-corrected chi connectivity index (χ0v) is 12.5. The zero-order valence-electron chi connectivity index (χ0n) is 12.5. The maximum absolute atomic E-state index is 13.3. The first-order chi connectivity index (χ1) is 9.11. The van der Waals surface area contributed by atoms with Gasteiger partial charge in [-0.3, -0.25) is 0 Å². The molecule has 0 radical (unpaired) electrons. The largest absolute Gasteiger partial charge is 0.374 e. The van der Waals surface area contributed by atoms with Gasteiger partial charge in [0.1, 0.15) is 5.82 Å². The van der Waals surface area contributed by atoms with Crippen LogP contribution in [-0.2, 0) is 11.2 Å². The second-order valence-corrected chi connectivity index (χ2v) is 4.88. The Kier molecular flexibility index (Phi) is 6.46. The van der Waals surface area contributed by atoms with Gasteiger partial charge in [0.25, 0.3) is 0 Å². The number of rotatable bonds is 8. The average Bonchev–Trinajstić information content (AvgIpc) is 2.43. The highest BCUT2D eigenvalue weighted by molar-refractivity contribution is 5.18. The predicted octanol–water partition coefficient (Wildman–Crippen LogP) is 3.55. The van der Waals surface area contributed by atoms with Crippen LogP contribution in [0.4, 0.5) is 4.39 Å². The molecule has 0 heterocycles. The molecule has 1 aromatic rings. The molecule has 0 fully saturated rings. The molecule has 0 saturated carbocycles. The van der Waals surface area contributed by atoms with Crippen molar-refractivity contribution < 1.29 is 9.13 Å². The van der Waals surface area contributed by atoms with E-state index in [-0.39, 0.29) is 17.5 Å². The molecule has 0 aliphatic rings. The van der Waals surface area contributed by atoms with E-state index >= 15 is 0 Å². The highest BCUT2D eigenvalue weighted by Crippen LogP contribution is 2.27. The Morgan fingerprint density at radius 3 is 2.42 bits per heavy atom. The van der Waals surface area contributed by atoms with E-state index in [0.29, 0.717) is 6.61 Å². The van der Waals surface area contributed by atoms with Crippen LogP contribution < -0.4 is 5.32 Å². The molecule has 3 heteroatoms. The standard InChI is InChI=1S/C16H26FNO/c1-5-16(6-2,19-7-3)15(18-4)12-13-9-8-10-14(17)11-13/h8-11,15,18H,5-7,12H2,1-4H3. The Labute approximate surface area is 116 Å². The van der Waals surface area contributed by atoms with Gasteiger partial charge in [0.05, 0.1) is 5.60 Å². The number of halogens is 1. The normalized spacial score (nSPS) is 13.5. The molecular formula is C16H26FNO. The van der Waals surface area contributed by atoms with Gasteiger partial charge in [-0.15, -0.1) is 0 Å². The number of ether oxygens (including phenoxy) is 1. The molecule has 0 amide bonds. The number of hydrogen-bond acceptors (Lipinski definition) is 2. The summed E-state index contributed by atoms with van der Waals surface area (Å²) in [6.07, 6.45) is 2.66. The molecule has 1 N–H and O–H groups in total. The molecule has 0 aliphatic carbocycles. The molecule has 1 aromatic carbocycles. The number of nitrogens with one attached hydrogen (secondary N) is 1. The monoisotopic (exact) mass is 267 g/mol. The summed E-state index contributed by atoms with van der Waals surface area (Å²) in [6, 6.07) is 7.00. The fourth-order valence-corrected chi connectivity index (χ4v) is 2.79. The molecule has 108 valence electrons. The first kappa shape index (κ1) is 16.1. The van der Waals surface area contributed by atoms with Gasteiger partial charge in [0.2, 0.25) is 0 Å². The summed E-state index contributed by atoms with van der Waals surface area (Å²) < 4.78 is 19.3. The molecule has 0 bridgehead atoms. The molecule has 0 spiro atoms. The van der Waals surface area contributed by atoms with Crippen molar-refractivity contribution in [2.45, 2.75) is 51.7 Å². The van der Waals surface area contributed by atoms with Crippen LogP contribution in [0.1, 0.15) is 39.2 Å². The van der Waals surface area contributed by atoms with E-state index in [4.69, 9.17) is 4.74 Å². The Morgan fingerprint density at radius 2 is 1.95 bits per heavy atom. The number of hydrogen-bond donors (Lipinski definition) is 1. The van der Waals surface area contributed by atoms with E-state index in [2.05, 4.69) is 19.2 Å². The van der Waals surface area contributed by atoms with E-state index in [1.165, 1.54) is 6.07 Å². The second-order valence-electron chi connectivity index (χ2n) is 4.88. The van der Waals surface area contributed by atoms with Gasteiger partial charge in [-0.05, 0) is 50.9 Å². The van der Waals surface area contributed by atoms with Gasteiger partial charge < -0.3 is 10.1 Å². The lowest BCUT2D eigenvalue weighted by Gasteiger charge is -2.39. The maximum Gasteiger partial charge on any atom is 0.123 e. The number of likely N-dealkylation sites (N-methyl/N-ethyl adjacent to an activating group) is 1. The van der Waals surface area contributed by atoms with E-state index in [1.54, 1.807) is 12.1 Å². The van der Waals surface area contributed by atoms with Crippen LogP contribution in [0.15, 0.2) is 24.3 Å². The highest BCUT2D eigenvalue weighted by atomic mass is 19.1. The van der Waals surface area contributed by atoms with Crippen molar-refractivity contribution in [3.8, 4) is 0 Å². The minimum atomic E-state index is -0.185. The number of benzene rings is 1. The Hall–Kier alpha value is -0.930. The third-order valence-electron chi connectivity index (χ3n) is 3.94. The third kappa shape index (κ3) is 4.02. The van der Waals surface area contributed by atoms with Crippen LogP contribution in [-0.4, -0.2) is 25.3 Å². The SMILES string of the molecule is CCOC(CC)(CC)C(Cc1cccc(F)c1)NC. The van der Waals surface area contributed by atoms with Crippen LogP contribution in [0.25, 0.3) is 0 Å². The molecule has 1 rings (SSSR count). The molecule has 2 nitrogen and oxygen atoms in total. The van der Waals surface area contributed by atoms with Gasteiger partial charge in [-0.1, -0.05) is 26.0 Å². The molecule has 1 atom stereocenters. The van der Waals surface area contributed by atoms with E-state index in [1.807, 2.05) is 20.0 Å². The Balaban J connectivity index is 2.91. The van der Waals surface area contributed by atoms with Gasteiger partial charge in [-0.25, -0.2) is 4.39 Å². The quantitative estimate of drug-likeness (QED) is 0.777. The van der Waals surface area contributed by atoms with Crippen molar-refractivity contribution in [3.63, 3.8) is 0 Å². The molecule has 0 aliphatic heterocycles. The highest BCUT2D eigenvalue weighted by Gasteiger charge is 2.35. The van der Waals surface area contributed by atoms with Crippen LogP contribution in [0, 0.1) is 5.82 Å². The van der Waals surface area contributed by atoms with Crippen molar-refractivity contribution >= 4 is 0 Å². The molecule has 0 aromatic heterocycles. The Morgan fingerprint density at radius 1 is 1.26 bits per heavy atom. The van der Waals surface area contributed by atoms with Crippen molar-refractivity contribution in [1.29, 1.82) is 0 Å². The summed E-state index contributed by atoms with van der Waals surface area (Å²) >= 11 is 0. The molecular weight excluding hydrogens is 241 g/mol. The minimum Gasteiger partial charge on any atom is -0.374 e. The Bertz CT molecular complexity index is 377. The van der Waals surface area contributed by atoms with Gasteiger partial charge >= 0.3 is 0 Å². The third-order valence-corrected chi connectivity index (χ3v) is 3.94. The summed E-state index contributed by atoms with van der Waals surface area (Å²) in [5, 5.41) is 3.35. The lowest BCUT2D eigenvalue weighted by atomic mass is 9.84. The molecule has 0 saturated heterocycles. The summed E-state index contributed by atoms with van der Waals surface area (Å²) in [7, 11) is 1.95. The first-order valence-corrected chi connectivity index (χ1v) is 7.17. The minimum absolute atomic E-state index is 0.178. The van der Waals surface area contributed by atoms with Crippen LogP contribution in [0.2, 0.25) is 0 Å². The van der Waals surface area contributed by atoms with E-state index < -0.39 is 0 Å². The van der Waals surface area contributed by atoms with Gasteiger partial charge in [0.15, 0.2) is 0 Å². The van der Waals surface area contributed by atoms with Crippen LogP contribution >= 0.6 is 0 Å². The van der Waals surface area contributed by atoms with Crippen molar-refractivity contribution in [2.24, 2.45) is 0 Å². The fraction of sp³-hybridized carbons (Fsp3) is 0.625. The van der Waals surface area contributed by atoms with Crippen molar-refractivity contribution in [3.05, 3.63) is 35.6 Å². The molecule has 1 unspecified atom stereocenters. The van der Waals surface area contributed by atoms with Gasteiger partial charge in [-0.2, -0.15) is 0 Å². The maximum atomic E-state index is 13.3. The van der Waals surface area contributed by atoms with E-state index in [0.717, 1.165) is 24.8 Å². The van der Waals surface area contributed by atoms with Crippen LogP contribution in [0.3, 0.4) is 0 Å². The molecule has 19 heavy (non-hydrogen) atoms. The summed E-state index contributed by atoms with van der Waals surface area (Å²) in [4.78, 5) is 0. The fourth-order valence-electron chi connectivity index (χ4n) is 2.79. The summed E-state index contributed by atoms with van der Waals surface area (Å²) in [6.45, 7) is 7.02. The zero-order chi connectivity index (χ0) is 14.3. The summed E-state index contributed by atoms with van der Waals surface area (Å²) in [5.74, 6) is -0.178. The summed E-state index contributed by atoms with van der Waals surface area (Å²) in [5.41, 5.74) is 0.820. The average molecular weight is 267 g/mol. The van der Waals surface area contributed by atoms with Crippen molar-refractivity contribution in [1.82, 2.24) is 5.32 Å². The first-order valence-electron chi connectivity index (χ1n) is 7.17. The predicted molar refractivity (Wildman–Crippen MR) is 77.9 cm³/mol. The second kappa shape index (κ2) is 7.61. The lowest BCUT2D eigenvalue weighted by Crippen LogP contribution is -2.52. The van der Waals surface area contributed by atoms with Gasteiger partial charge in [0, 0.05) is 12.6 Å².